The molecule has 1 heteroatoms. The van der Waals surface area contributed by atoms with Crippen LogP contribution in [0.2, 0.25) is 0 Å². The van der Waals surface area contributed by atoms with Crippen molar-refractivity contribution in [2.75, 3.05) is 0 Å². The fourth-order valence-electron chi connectivity index (χ4n) is 0.620. The zero-order chi connectivity index (χ0) is 7.11. The highest BCUT2D eigenvalue weighted by Gasteiger charge is 1.96. The Morgan fingerprint density at radius 1 is 1.33 bits per heavy atom. The maximum absolute atomic E-state index is 4.33. The van der Waals surface area contributed by atoms with Gasteiger partial charge in [-0.3, -0.25) is 0 Å². The first kappa shape index (κ1) is 8.83. The normalized spacial score (nSPS) is 12.6. The van der Waals surface area contributed by atoms with Crippen molar-refractivity contribution in [3.63, 3.8) is 0 Å². The molecule has 0 radical (unpaired) electrons. The number of rotatable bonds is 5. The molecule has 0 aliphatic carbocycles. The van der Waals surface area contributed by atoms with Gasteiger partial charge in [-0.05, 0) is 19.3 Å². The van der Waals surface area contributed by atoms with Crippen molar-refractivity contribution in [2.24, 2.45) is 0 Å². The Balaban J connectivity index is 3.14. The van der Waals surface area contributed by atoms with Crippen LogP contribution in [-0.2, 0) is 0 Å². The Kier molecular flexibility index (Phi) is 5.85. The van der Waals surface area contributed by atoms with Crippen LogP contribution in [0.25, 0.3) is 0 Å². The average Bonchev–Trinajstić information content (AvgIpc) is 1.85. The van der Waals surface area contributed by atoms with Gasteiger partial charge in [0.15, 0.2) is 0 Å². The summed E-state index contributed by atoms with van der Waals surface area (Å²) in [4.78, 5) is 0. The molecular formula is C8H14S. The summed E-state index contributed by atoms with van der Waals surface area (Å²) in [5, 5.41) is 0.473. The van der Waals surface area contributed by atoms with Crippen molar-refractivity contribution in [1.29, 1.82) is 0 Å². The molecule has 1 unspecified atom stereocenters. The first-order valence-corrected chi connectivity index (χ1v) is 3.72. The van der Waals surface area contributed by atoms with Gasteiger partial charge < -0.3 is 0 Å². The summed E-state index contributed by atoms with van der Waals surface area (Å²) < 4.78 is 0. The molecule has 0 fully saturated rings. The molecule has 0 nitrogen and oxygen atoms in total. The van der Waals surface area contributed by atoms with Crippen molar-refractivity contribution in [1.82, 2.24) is 0 Å². The Morgan fingerprint density at radius 2 is 2.00 bits per heavy atom. The fraction of sp³-hybridized carbons (Fsp3) is 0.500. The predicted molar refractivity (Wildman–Crippen MR) is 47.0 cm³/mol. The van der Waals surface area contributed by atoms with Gasteiger partial charge in [0.05, 0.1) is 0 Å². The second-order valence-corrected chi connectivity index (χ2v) is 2.77. The summed E-state index contributed by atoms with van der Waals surface area (Å²) in [5.74, 6) is 0. The van der Waals surface area contributed by atoms with Crippen molar-refractivity contribution in [3.05, 3.63) is 25.3 Å². The van der Waals surface area contributed by atoms with Gasteiger partial charge in [-0.2, -0.15) is 12.6 Å². The van der Waals surface area contributed by atoms with Gasteiger partial charge in [-0.15, -0.1) is 13.2 Å². The second-order valence-electron chi connectivity index (χ2n) is 2.04. The first-order valence-electron chi connectivity index (χ1n) is 3.21. The molecule has 52 valence electrons. The van der Waals surface area contributed by atoms with E-state index in [1.807, 2.05) is 12.2 Å². The summed E-state index contributed by atoms with van der Waals surface area (Å²) in [5.41, 5.74) is 0. The van der Waals surface area contributed by atoms with Gasteiger partial charge in [0.1, 0.15) is 0 Å². The van der Waals surface area contributed by atoms with Crippen molar-refractivity contribution in [3.8, 4) is 0 Å². The van der Waals surface area contributed by atoms with Crippen LogP contribution in [0.3, 0.4) is 0 Å². The molecule has 0 aromatic heterocycles. The van der Waals surface area contributed by atoms with Gasteiger partial charge in [-0.1, -0.05) is 12.2 Å². The SMILES string of the molecule is C=CCCC(S)CC=C. The van der Waals surface area contributed by atoms with E-state index in [0.29, 0.717) is 5.25 Å². The van der Waals surface area contributed by atoms with Crippen LogP contribution in [0.5, 0.6) is 0 Å². The molecule has 0 aliphatic rings. The van der Waals surface area contributed by atoms with Crippen LogP contribution in [0.1, 0.15) is 19.3 Å². The van der Waals surface area contributed by atoms with Gasteiger partial charge in [-0.25, -0.2) is 0 Å². The van der Waals surface area contributed by atoms with E-state index < -0.39 is 0 Å². The summed E-state index contributed by atoms with van der Waals surface area (Å²) in [6.07, 6.45) is 6.99. The third-order valence-corrected chi connectivity index (χ3v) is 1.61. The standard InChI is InChI=1S/C8H14S/c1-3-5-7-8(9)6-4-2/h3-4,8-9H,1-2,5-7H2. The van der Waals surface area contributed by atoms with Crippen LogP contribution in [-0.4, -0.2) is 5.25 Å². The topological polar surface area (TPSA) is 0 Å². The van der Waals surface area contributed by atoms with Gasteiger partial charge >= 0.3 is 0 Å². The fourth-order valence-corrected chi connectivity index (χ4v) is 0.919. The first-order chi connectivity index (χ1) is 4.31. The number of thiol groups is 1. The van der Waals surface area contributed by atoms with E-state index in [1.165, 1.54) is 0 Å². The van der Waals surface area contributed by atoms with Crippen LogP contribution < -0.4 is 0 Å². The highest BCUT2D eigenvalue weighted by atomic mass is 32.1. The van der Waals surface area contributed by atoms with Crippen LogP contribution in [0.4, 0.5) is 0 Å². The molecule has 0 rings (SSSR count). The number of allylic oxidation sites excluding steroid dienone is 2. The van der Waals surface area contributed by atoms with Crippen LogP contribution in [0, 0.1) is 0 Å². The molecule has 0 spiro atoms. The van der Waals surface area contributed by atoms with Crippen molar-refractivity contribution < 1.29 is 0 Å². The lowest BCUT2D eigenvalue weighted by Crippen LogP contribution is -1.94. The Bertz CT molecular complexity index is 86.6. The van der Waals surface area contributed by atoms with Gasteiger partial charge in [0.2, 0.25) is 0 Å². The highest BCUT2D eigenvalue weighted by molar-refractivity contribution is 7.80. The number of hydrogen-bond donors (Lipinski definition) is 1. The van der Waals surface area contributed by atoms with Crippen LogP contribution in [0.15, 0.2) is 25.3 Å². The Hall–Kier alpha value is -0.170. The molecule has 0 amide bonds. The summed E-state index contributed by atoms with van der Waals surface area (Å²) in [7, 11) is 0. The summed E-state index contributed by atoms with van der Waals surface area (Å²) >= 11 is 4.33. The van der Waals surface area contributed by atoms with E-state index in [0.717, 1.165) is 19.3 Å². The third-order valence-electron chi connectivity index (χ3n) is 1.14. The monoisotopic (exact) mass is 142 g/mol. The molecular weight excluding hydrogens is 128 g/mol. The van der Waals surface area contributed by atoms with E-state index in [2.05, 4.69) is 25.8 Å². The largest absolute Gasteiger partial charge is 0.176 e. The Labute approximate surface area is 63.1 Å². The third kappa shape index (κ3) is 5.71. The molecule has 0 heterocycles. The lowest BCUT2D eigenvalue weighted by atomic mass is 10.2. The minimum absolute atomic E-state index is 0.473. The molecule has 0 aliphatic heterocycles. The van der Waals surface area contributed by atoms with Gasteiger partial charge in [0, 0.05) is 5.25 Å². The molecule has 0 saturated heterocycles. The molecule has 0 N–H and O–H groups in total. The van der Waals surface area contributed by atoms with E-state index in [9.17, 15) is 0 Å². The lowest BCUT2D eigenvalue weighted by Gasteiger charge is -2.03. The van der Waals surface area contributed by atoms with E-state index in [1.54, 1.807) is 0 Å². The predicted octanol–water partition coefficient (Wildman–Crippen LogP) is 2.83. The van der Waals surface area contributed by atoms with Crippen molar-refractivity contribution in [2.45, 2.75) is 24.5 Å². The van der Waals surface area contributed by atoms with E-state index >= 15 is 0 Å². The van der Waals surface area contributed by atoms with Crippen molar-refractivity contribution >= 4 is 12.6 Å². The summed E-state index contributed by atoms with van der Waals surface area (Å²) in [6, 6.07) is 0. The van der Waals surface area contributed by atoms with Crippen LogP contribution >= 0.6 is 12.6 Å². The molecule has 0 aromatic carbocycles. The zero-order valence-electron chi connectivity index (χ0n) is 5.71. The van der Waals surface area contributed by atoms with E-state index in [-0.39, 0.29) is 0 Å². The van der Waals surface area contributed by atoms with Gasteiger partial charge in [0.25, 0.3) is 0 Å². The van der Waals surface area contributed by atoms with E-state index in [4.69, 9.17) is 0 Å². The maximum Gasteiger partial charge on any atom is 0.00541 e. The quantitative estimate of drug-likeness (QED) is 0.443. The molecule has 9 heavy (non-hydrogen) atoms. The minimum Gasteiger partial charge on any atom is -0.176 e. The highest BCUT2D eigenvalue weighted by Crippen LogP contribution is 2.09. The molecule has 0 aromatic rings. The number of hydrogen-bond acceptors (Lipinski definition) is 1. The average molecular weight is 142 g/mol. The maximum atomic E-state index is 4.33. The zero-order valence-corrected chi connectivity index (χ0v) is 6.61. The molecule has 0 saturated carbocycles. The lowest BCUT2D eigenvalue weighted by molar-refractivity contribution is 0.788. The smallest absolute Gasteiger partial charge is 0.00541 e. The molecule has 0 bridgehead atoms. The Morgan fingerprint density at radius 3 is 2.44 bits per heavy atom. The summed E-state index contributed by atoms with van der Waals surface area (Å²) in [6.45, 7) is 7.27. The molecule has 1 atom stereocenters. The minimum atomic E-state index is 0.473. The second kappa shape index (κ2) is 5.96.